The van der Waals surface area contributed by atoms with Crippen LogP contribution in [0.15, 0.2) is 74.9 Å². The van der Waals surface area contributed by atoms with E-state index in [0.29, 0.717) is 60.1 Å². The Kier molecular flexibility index (Phi) is 20.6. The second kappa shape index (κ2) is 23.8. The van der Waals surface area contributed by atoms with Crippen molar-refractivity contribution < 1.29 is 38.1 Å². The first-order valence-electron chi connectivity index (χ1n) is 22.8. The molecule has 0 amide bonds. The van der Waals surface area contributed by atoms with Crippen LogP contribution in [0.4, 0.5) is 0 Å². The van der Waals surface area contributed by atoms with E-state index in [2.05, 4.69) is 54.0 Å². The number of rotatable bonds is 28. The molecule has 4 atom stereocenters. The highest BCUT2D eigenvalue weighted by Crippen LogP contribution is 2.33. The van der Waals surface area contributed by atoms with E-state index in [-0.39, 0.29) is 22.3 Å². The largest absolute Gasteiger partial charge is 0.456 e. The van der Waals surface area contributed by atoms with E-state index in [9.17, 15) is 19.2 Å². The van der Waals surface area contributed by atoms with Crippen LogP contribution >= 0.6 is 0 Å². The first-order chi connectivity index (χ1) is 28.8. The van der Waals surface area contributed by atoms with E-state index in [1.165, 1.54) is 0 Å². The molecule has 0 radical (unpaired) electrons. The summed E-state index contributed by atoms with van der Waals surface area (Å²) >= 11 is 0. The Labute approximate surface area is 375 Å². The molecule has 0 saturated carbocycles. The highest BCUT2D eigenvalue weighted by Gasteiger charge is 2.34. The Morgan fingerprint density at radius 3 is 0.758 bits per heavy atom. The van der Waals surface area contributed by atoms with E-state index in [4.69, 9.17) is 18.9 Å². The SMILES string of the molecule is C=CC(C)CCCC(C)(C)OC(=O)c1cc2cc(C(=O)OC(C)(C)CCCC(C)C=C)c(C(=O)OC(C)(C)CCCC(C)C=C)cc2cc1C(=O)OC(C)(C)CCCC(C)C=C. The summed E-state index contributed by atoms with van der Waals surface area (Å²) in [5.74, 6) is -1.53. The van der Waals surface area contributed by atoms with Crippen LogP contribution < -0.4 is 0 Å². The highest BCUT2D eigenvalue weighted by molar-refractivity contribution is 6.11. The minimum Gasteiger partial charge on any atom is -0.456 e. The van der Waals surface area contributed by atoms with E-state index in [1.807, 2.05) is 79.7 Å². The lowest BCUT2D eigenvalue weighted by molar-refractivity contribution is -0.0105. The Balaban J connectivity index is 2.78. The fraction of sp³-hybridized carbons (Fsp3) is 0.593. The molecule has 8 heteroatoms. The van der Waals surface area contributed by atoms with E-state index < -0.39 is 46.3 Å². The molecule has 0 fully saturated rings. The number of allylic oxidation sites excluding steroid dienone is 4. The standard InChI is InChI=1S/C54H80O8/c1-17-37(5)25-21-29-51(9,10)59-47(55)43-33-41-35-45(49(57)61-53(13,14)31-23-27-39(7)19-3)46(50(58)62-54(15,16)32-24-28-40(8)20-4)36-42(41)34-44(43)48(56)60-52(11,12)30-22-26-38(6)18-2/h17-20,33-40H,1-4,21-32H2,5-16H3. The minimum absolute atomic E-state index is 0.00712. The Hall–Kier alpha value is -4.46. The van der Waals surface area contributed by atoms with Crippen LogP contribution in [-0.2, 0) is 18.9 Å². The monoisotopic (exact) mass is 857 g/mol. The number of benzene rings is 2. The van der Waals surface area contributed by atoms with Crippen LogP contribution in [0.2, 0.25) is 0 Å². The second-order valence-corrected chi connectivity index (χ2v) is 20.2. The van der Waals surface area contributed by atoms with Crippen molar-refractivity contribution in [1.82, 2.24) is 0 Å². The predicted molar refractivity (Wildman–Crippen MR) is 255 cm³/mol. The summed E-state index contributed by atoms with van der Waals surface area (Å²) < 4.78 is 24.5. The fourth-order valence-corrected chi connectivity index (χ4v) is 7.32. The third-order valence-corrected chi connectivity index (χ3v) is 11.8. The van der Waals surface area contributed by atoms with Gasteiger partial charge in [0.05, 0.1) is 22.3 Å². The van der Waals surface area contributed by atoms with Gasteiger partial charge >= 0.3 is 23.9 Å². The summed E-state index contributed by atoms with van der Waals surface area (Å²) in [6, 6.07) is 6.17. The summed E-state index contributed by atoms with van der Waals surface area (Å²) in [6.07, 6.45) is 16.7. The van der Waals surface area contributed by atoms with Crippen molar-refractivity contribution in [3.63, 3.8) is 0 Å². The predicted octanol–water partition coefficient (Wildman–Crippen LogP) is 14.6. The number of hydrogen-bond donors (Lipinski definition) is 0. The van der Waals surface area contributed by atoms with Crippen molar-refractivity contribution in [3.05, 3.63) is 97.1 Å². The van der Waals surface area contributed by atoms with Gasteiger partial charge in [-0.25, -0.2) is 19.2 Å². The van der Waals surface area contributed by atoms with Gasteiger partial charge in [0, 0.05) is 0 Å². The second-order valence-electron chi connectivity index (χ2n) is 20.2. The Morgan fingerprint density at radius 2 is 0.597 bits per heavy atom. The van der Waals surface area contributed by atoms with Gasteiger partial charge in [0.2, 0.25) is 0 Å². The molecule has 2 aromatic rings. The van der Waals surface area contributed by atoms with Gasteiger partial charge in [-0.3, -0.25) is 0 Å². The molecule has 0 aliphatic carbocycles. The molecule has 344 valence electrons. The van der Waals surface area contributed by atoms with Gasteiger partial charge in [0.25, 0.3) is 0 Å². The quantitative estimate of drug-likeness (QED) is 0.0473. The van der Waals surface area contributed by atoms with Crippen LogP contribution in [-0.4, -0.2) is 46.3 Å². The van der Waals surface area contributed by atoms with Gasteiger partial charge in [-0.15, -0.1) is 26.3 Å². The Morgan fingerprint density at radius 1 is 0.419 bits per heavy atom. The number of esters is 4. The number of carbonyl (C=O) groups excluding carboxylic acids is 4. The van der Waals surface area contributed by atoms with Crippen molar-refractivity contribution in [2.75, 3.05) is 0 Å². The van der Waals surface area contributed by atoms with Gasteiger partial charge in [0.1, 0.15) is 22.4 Å². The van der Waals surface area contributed by atoms with Gasteiger partial charge in [-0.2, -0.15) is 0 Å². The summed E-state index contributed by atoms with van der Waals surface area (Å²) in [5.41, 5.74) is -3.46. The van der Waals surface area contributed by atoms with Crippen LogP contribution in [0, 0.1) is 23.7 Å². The zero-order chi connectivity index (χ0) is 47.1. The van der Waals surface area contributed by atoms with Crippen LogP contribution in [0.25, 0.3) is 10.8 Å². The third kappa shape index (κ3) is 18.1. The van der Waals surface area contributed by atoms with Crippen molar-refractivity contribution in [1.29, 1.82) is 0 Å². The lowest BCUT2D eigenvalue weighted by Gasteiger charge is -2.28. The highest BCUT2D eigenvalue weighted by atomic mass is 16.6. The maximum absolute atomic E-state index is 14.3. The van der Waals surface area contributed by atoms with Crippen molar-refractivity contribution in [2.24, 2.45) is 23.7 Å². The average molecular weight is 857 g/mol. The average Bonchev–Trinajstić information content (AvgIpc) is 3.18. The molecule has 0 aromatic heterocycles. The molecule has 0 aliphatic heterocycles. The molecule has 2 rings (SSSR count). The van der Waals surface area contributed by atoms with Crippen LogP contribution in [0.3, 0.4) is 0 Å². The summed E-state index contributed by atoms with van der Waals surface area (Å²) in [5, 5.41) is 0.866. The fourth-order valence-electron chi connectivity index (χ4n) is 7.32. The zero-order valence-electron chi connectivity index (χ0n) is 40.5. The van der Waals surface area contributed by atoms with Gasteiger partial charge in [0.15, 0.2) is 0 Å². The molecular weight excluding hydrogens is 777 g/mol. The first kappa shape index (κ1) is 53.7. The van der Waals surface area contributed by atoms with E-state index in [0.717, 1.165) is 51.4 Å². The van der Waals surface area contributed by atoms with Crippen LogP contribution in [0.1, 0.15) is 202 Å². The molecule has 0 bridgehead atoms. The topological polar surface area (TPSA) is 105 Å². The molecule has 2 aromatic carbocycles. The normalized spacial score (nSPS) is 14.2. The maximum atomic E-state index is 14.3. The van der Waals surface area contributed by atoms with Crippen molar-refractivity contribution >= 4 is 34.6 Å². The van der Waals surface area contributed by atoms with Gasteiger partial charge < -0.3 is 18.9 Å². The summed E-state index contributed by atoms with van der Waals surface area (Å²) in [6.45, 7) is 38.7. The zero-order valence-corrected chi connectivity index (χ0v) is 40.5. The molecule has 0 N–H and O–H groups in total. The van der Waals surface area contributed by atoms with Gasteiger partial charge in [-0.05, 0) is 191 Å². The molecule has 0 aliphatic rings. The summed E-state index contributed by atoms with van der Waals surface area (Å²) in [4.78, 5) is 57.0. The third-order valence-electron chi connectivity index (χ3n) is 11.8. The number of carbonyl (C=O) groups is 4. The molecular formula is C54H80O8. The number of fused-ring (bicyclic) bond motifs is 1. The number of hydrogen-bond acceptors (Lipinski definition) is 8. The van der Waals surface area contributed by atoms with E-state index in [1.54, 1.807) is 24.3 Å². The van der Waals surface area contributed by atoms with Crippen molar-refractivity contribution in [2.45, 2.75) is 183 Å². The maximum Gasteiger partial charge on any atom is 0.339 e. The molecule has 0 spiro atoms. The lowest BCUT2D eigenvalue weighted by Crippen LogP contribution is -2.32. The Bertz CT molecular complexity index is 1610. The molecule has 0 heterocycles. The number of ether oxygens (including phenoxy) is 4. The molecule has 8 nitrogen and oxygen atoms in total. The van der Waals surface area contributed by atoms with Crippen molar-refractivity contribution in [3.8, 4) is 0 Å². The van der Waals surface area contributed by atoms with Crippen LogP contribution in [0.5, 0.6) is 0 Å². The van der Waals surface area contributed by atoms with E-state index >= 15 is 0 Å². The molecule has 4 unspecified atom stereocenters. The molecule has 0 saturated heterocycles. The molecule has 62 heavy (non-hydrogen) atoms. The smallest absolute Gasteiger partial charge is 0.339 e. The lowest BCUT2D eigenvalue weighted by atomic mass is 9.93. The summed E-state index contributed by atoms with van der Waals surface area (Å²) in [7, 11) is 0. The minimum atomic E-state index is -0.858. The van der Waals surface area contributed by atoms with Gasteiger partial charge in [-0.1, -0.05) is 52.0 Å². The first-order valence-corrected chi connectivity index (χ1v) is 22.8.